The molecule has 0 radical (unpaired) electrons. The minimum absolute atomic E-state index is 0.690. The number of aromatic nitrogens is 1. The molecule has 0 aliphatic carbocycles. The Labute approximate surface area is 163 Å². The summed E-state index contributed by atoms with van der Waals surface area (Å²) in [5, 5.41) is 2.50. The second-order valence-electron chi connectivity index (χ2n) is 7.07. The molecule has 138 valence electrons. The van der Waals surface area contributed by atoms with Crippen LogP contribution in [0.2, 0.25) is 0 Å². The van der Waals surface area contributed by atoms with Gasteiger partial charge in [0.1, 0.15) is 17.3 Å². The molecule has 2 heterocycles. The zero-order valence-corrected chi connectivity index (χ0v) is 16.0. The Balaban J connectivity index is 1.59. The highest BCUT2D eigenvalue weighted by molar-refractivity contribution is 6.08. The summed E-state index contributed by atoms with van der Waals surface area (Å²) in [5.41, 5.74) is 4.61. The number of furan rings is 1. The molecule has 0 aliphatic rings. The number of aryl methyl sites for hydroxylation is 1. The van der Waals surface area contributed by atoms with Crippen LogP contribution < -0.4 is 4.74 Å². The van der Waals surface area contributed by atoms with E-state index in [1.807, 2.05) is 24.3 Å². The van der Waals surface area contributed by atoms with E-state index < -0.39 is 0 Å². The molecule has 0 spiro atoms. The summed E-state index contributed by atoms with van der Waals surface area (Å²) < 4.78 is 14.0. The molecule has 0 N–H and O–H groups in total. The summed E-state index contributed by atoms with van der Waals surface area (Å²) in [6.45, 7) is 0. The number of methoxy groups -OCH3 is 1. The summed E-state index contributed by atoms with van der Waals surface area (Å²) in [7, 11) is 3.83. The maximum atomic E-state index is 6.12. The van der Waals surface area contributed by atoms with Gasteiger partial charge in [0, 0.05) is 47.0 Å². The fourth-order valence-corrected chi connectivity index (χ4v) is 3.98. The number of para-hydroxylation sites is 1. The first-order valence-electron chi connectivity index (χ1n) is 9.43. The van der Waals surface area contributed by atoms with Gasteiger partial charge in [0.15, 0.2) is 0 Å². The van der Waals surface area contributed by atoms with Gasteiger partial charge in [0.2, 0.25) is 0 Å². The van der Waals surface area contributed by atoms with Gasteiger partial charge >= 0.3 is 0 Å². The second-order valence-corrected chi connectivity index (χ2v) is 7.07. The van der Waals surface area contributed by atoms with Crippen molar-refractivity contribution in [2.45, 2.75) is 6.42 Å². The lowest BCUT2D eigenvalue weighted by Crippen LogP contribution is -1.94. The van der Waals surface area contributed by atoms with Gasteiger partial charge in [-0.05, 0) is 24.3 Å². The highest BCUT2D eigenvalue weighted by atomic mass is 16.5. The van der Waals surface area contributed by atoms with Crippen LogP contribution >= 0.6 is 0 Å². The molecule has 3 nitrogen and oxygen atoms in total. The standard InChI is InChI=1S/C25H21NO2/c1-26-22-11-7-6-10-20(22)21-15-18(25(27-2)16-23(21)26)14-19-12-13-24(28-19)17-8-4-3-5-9-17/h3-13,15-16H,14H2,1-2H3. The SMILES string of the molecule is COc1cc2c(cc1Cc1ccc(-c3ccccc3)o1)c1ccccc1n2C. The van der Waals surface area contributed by atoms with Gasteiger partial charge in [-0.2, -0.15) is 0 Å². The van der Waals surface area contributed by atoms with Gasteiger partial charge in [0.25, 0.3) is 0 Å². The van der Waals surface area contributed by atoms with Crippen molar-refractivity contribution in [1.82, 2.24) is 4.57 Å². The van der Waals surface area contributed by atoms with Crippen LogP contribution in [0.1, 0.15) is 11.3 Å². The number of hydrogen-bond acceptors (Lipinski definition) is 2. The Bertz CT molecular complexity index is 1280. The van der Waals surface area contributed by atoms with Crippen LogP contribution in [0.15, 0.2) is 83.3 Å². The monoisotopic (exact) mass is 367 g/mol. The van der Waals surface area contributed by atoms with Crippen molar-refractivity contribution in [2.75, 3.05) is 7.11 Å². The molecule has 0 saturated carbocycles. The highest BCUT2D eigenvalue weighted by Crippen LogP contribution is 2.34. The summed E-state index contributed by atoms with van der Waals surface area (Å²) in [4.78, 5) is 0. The first-order chi connectivity index (χ1) is 13.7. The van der Waals surface area contributed by atoms with Gasteiger partial charge in [-0.15, -0.1) is 0 Å². The molecular weight excluding hydrogens is 346 g/mol. The molecule has 28 heavy (non-hydrogen) atoms. The van der Waals surface area contributed by atoms with Crippen LogP contribution in [0, 0.1) is 0 Å². The first-order valence-corrected chi connectivity index (χ1v) is 9.43. The Morgan fingerprint density at radius 1 is 0.821 bits per heavy atom. The van der Waals surface area contributed by atoms with Gasteiger partial charge in [-0.1, -0.05) is 48.5 Å². The predicted octanol–water partition coefficient (Wildman–Crippen LogP) is 6.19. The third-order valence-electron chi connectivity index (χ3n) is 5.40. The van der Waals surface area contributed by atoms with E-state index in [1.165, 1.54) is 21.8 Å². The molecule has 0 amide bonds. The van der Waals surface area contributed by atoms with Crippen LogP contribution in [0.5, 0.6) is 5.75 Å². The average Bonchev–Trinajstić information content (AvgIpc) is 3.32. The van der Waals surface area contributed by atoms with Crippen LogP contribution in [0.25, 0.3) is 33.1 Å². The molecule has 0 aliphatic heterocycles. The van der Waals surface area contributed by atoms with E-state index in [0.717, 1.165) is 28.4 Å². The molecule has 2 aromatic heterocycles. The van der Waals surface area contributed by atoms with Crippen molar-refractivity contribution < 1.29 is 9.15 Å². The van der Waals surface area contributed by atoms with Crippen molar-refractivity contribution in [2.24, 2.45) is 7.05 Å². The van der Waals surface area contributed by atoms with Crippen molar-refractivity contribution in [1.29, 1.82) is 0 Å². The van der Waals surface area contributed by atoms with Crippen molar-refractivity contribution in [3.63, 3.8) is 0 Å². The van der Waals surface area contributed by atoms with Crippen molar-refractivity contribution >= 4 is 21.8 Å². The van der Waals surface area contributed by atoms with E-state index in [-0.39, 0.29) is 0 Å². The van der Waals surface area contributed by atoms with E-state index in [9.17, 15) is 0 Å². The maximum absolute atomic E-state index is 6.12. The topological polar surface area (TPSA) is 27.3 Å². The normalized spacial score (nSPS) is 11.4. The fourth-order valence-electron chi connectivity index (χ4n) is 3.98. The van der Waals surface area contributed by atoms with Crippen LogP contribution in [-0.2, 0) is 13.5 Å². The lowest BCUT2D eigenvalue weighted by molar-refractivity contribution is 0.409. The van der Waals surface area contributed by atoms with E-state index in [0.29, 0.717) is 6.42 Å². The lowest BCUT2D eigenvalue weighted by atomic mass is 10.0. The van der Waals surface area contributed by atoms with Crippen LogP contribution in [0.4, 0.5) is 0 Å². The van der Waals surface area contributed by atoms with E-state index >= 15 is 0 Å². The third kappa shape index (κ3) is 2.67. The predicted molar refractivity (Wildman–Crippen MR) is 114 cm³/mol. The summed E-state index contributed by atoms with van der Waals surface area (Å²) in [5.74, 6) is 2.70. The smallest absolute Gasteiger partial charge is 0.134 e. The number of fused-ring (bicyclic) bond motifs is 3. The number of hydrogen-bond donors (Lipinski definition) is 0. The molecule has 5 aromatic rings. The second kappa shape index (κ2) is 6.61. The number of ether oxygens (including phenoxy) is 1. The zero-order valence-electron chi connectivity index (χ0n) is 16.0. The first kappa shape index (κ1) is 16.7. The highest BCUT2D eigenvalue weighted by Gasteiger charge is 2.14. The van der Waals surface area contributed by atoms with Gasteiger partial charge in [-0.25, -0.2) is 0 Å². The van der Waals surface area contributed by atoms with Crippen molar-refractivity contribution in [3.8, 4) is 17.1 Å². The molecular formula is C25H21NO2. The summed E-state index contributed by atoms with van der Waals surface area (Å²) in [6.07, 6.45) is 0.690. The minimum Gasteiger partial charge on any atom is -0.496 e. The Morgan fingerprint density at radius 3 is 2.43 bits per heavy atom. The van der Waals surface area contributed by atoms with E-state index in [4.69, 9.17) is 9.15 Å². The largest absolute Gasteiger partial charge is 0.496 e. The molecule has 0 saturated heterocycles. The summed E-state index contributed by atoms with van der Waals surface area (Å²) >= 11 is 0. The molecule has 0 fully saturated rings. The van der Waals surface area contributed by atoms with Crippen LogP contribution in [0.3, 0.4) is 0 Å². The number of rotatable bonds is 4. The molecule has 0 atom stereocenters. The maximum Gasteiger partial charge on any atom is 0.134 e. The number of benzene rings is 3. The van der Waals surface area contributed by atoms with E-state index in [1.54, 1.807) is 7.11 Å². The minimum atomic E-state index is 0.690. The Kier molecular flexibility index (Phi) is 3.94. The van der Waals surface area contributed by atoms with Gasteiger partial charge < -0.3 is 13.7 Å². The lowest BCUT2D eigenvalue weighted by Gasteiger charge is -2.09. The average molecular weight is 367 g/mol. The third-order valence-corrected chi connectivity index (χ3v) is 5.40. The van der Waals surface area contributed by atoms with Gasteiger partial charge in [0.05, 0.1) is 12.6 Å². The molecule has 3 aromatic carbocycles. The Morgan fingerprint density at radius 2 is 1.61 bits per heavy atom. The molecule has 0 unspecified atom stereocenters. The molecule has 5 rings (SSSR count). The fraction of sp³-hybridized carbons (Fsp3) is 0.120. The van der Waals surface area contributed by atoms with Crippen molar-refractivity contribution in [3.05, 3.63) is 90.2 Å². The van der Waals surface area contributed by atoms with Crippen LogP contribution in [-0.4, -0.2) is 11.7 Å². The summed E-state index contributed by atoms with van der Waals surface area (Å²) in [6, 6.07) is 27.1. The van der Waals surface area contributed by atoms with E-state index in [2.05, 4.69) is 66.2 Å². The molecule has 3 heteroatoms. The van der Waals surface area contributed by atoms with Gasteiger partial charge in [-0.3, -0.25) is 0 Å². The Hall–Kier alpha value is -3.46. The number of nitrogens with zero attached hydrogens (tertiary/aromatic N) is 1. The molecule has 0 bridgehead atoms. The quantitative estimate of drug-likeness (QED) is 0.379. The zero-order chi connectivity index (χ0) is 19.1.